The van der Waals surface area contributed by atoms with Crippen molar-refractivity contribution in [1.82, 2.24) is 24.6 Å². The molecule has 12 heteroatoms. The Labute approximate surface area is 139 Å². The molecule has 0 saturated carbocycles. The number of aromatic nitrogens is 5. The molecule has 134 valence electrons. The topological polar surface area (TPSA) is 69.1 Å². The number of hydrogen-bond donors (Lipinski definition) is 0. The van der Waals surface area contributed by atoms with E-state index in [1.165, 1.54) is 18.3 Å². The SMILES string of the molecule is FC(F)(F)c1cc2ccc3nc(-c4nnco4)cn3c2nc1C(F)(F)F. The van der Waals surface area contributed by atoms with Crippen LogP contribution < -0.4 is 0 Å². The second-order valence-electron chi connectivity index (χ2n) is 5.22. The quantitative estimate of drug-likeness (QED) is 0.472. The van der Waals surface area contributed by atoms with Crippen LogP contribution in [0.1, 0.15) is 11.3 Å². The summed E-state index contributed by atoms with van der Waals surface area (Å²) < 4.78 is 84.5. The maximum atomic E-state index is 13.1. The number of halogens is 6. The highest BCUT2D eigenvalue weighted by molar-refractivity contribution is 5.80. The van der Waals surface area contributed by atoms with E-state index >= 15 is 0 Å². The molecule has 0 spiro atoms. The van der Waals surface area contributed by atoms with E-state index in [-0.39, 0.29) is 28.3 Å². The Balaban J connectivity index is 2.04. The molecular formula is C14H5F6N5O. The summed E-state index contributed by atoms with van der Waals surface area (Å²) in [6, 6.07) is 2.96. The van der Waals surface area contributed by atoms with Crippen molar-refractivity contribution in [3.8, 4) is 11.6 Å². The van der Waals surface area contributed by atoms with Gasteiger partial charge in [-0.1, -0.05) is 0 Å². The zero-order valence-corrected chi connectivity index (χ0v) is 12.3. The molecular weight excluding hydrogens is 368 g/mol. The number of fused-ring (bicyclic) bond motifs is 3. The first kappa shape index (κ1) is 16.3. The van der Waals surface area contributed by atoms with Crippen LogP contribution in [0.5, 0.6) is 0 Å². The molecule has 4 aromatic heterocycles. The van der Waals surface area contributed by atoms with Gasteiger partial charge in [-0.3, -0.25) is 4.40 Å². The van der Waals surface area contributed by atoms with Crippen LogP contribution >= 0.6 is 0 Å². The van der Waals surface area contributed by atoms with E-state index in [2.05, 4.69) is 20.2 Å². The third-order valence-corrected chi connectivity index (χ3v) is 3.56. The van der Waals surface area contributed by atoms with Crippen molar-refractivity contribution in [2.75, 3.05) is 0 Å². The van der Waals surface area contributed by atoms with Gasteiger partial charge in [0, 0.05) is 11.6 Å². The van der Waals surface area contributed by atoms with E-state index < -0.39 is 23.6 Å². The van der Waals surface area contributed by atoms with Crippen molar-refractivity contribution in [1.29, 1.82) is 0 Å². The number of hydrogen-bond acceptors (Lipinski definition) is 5. The molecule has 0 N–H and O–H groups in total. The summed E-state index contributed by atoms with van der Waals surface area (Å²) in [6.07, 6.45) is -8.19. The van der Waals surface area contributed by atoms with Crippen molar-refractivity contribution >= 4 is 16.7 Å². The number of pyridine rings is 2. The average Bonchev–Trinajstić information content (AvgIpc) is 3.20. The Morgan fingerprint density at radius 3 is 2.35 bits per heavy atom. The molecule has 0 aliphatic rings. The Bertz CT molecular complexity index is 1110. The fourth-order valence-corrected chi connectivity index (χ4v) is 2.50. The van der Waals surface area contributed by atoms with Gasteiger partial charge in [-0.15, -0.1) is 10.2 Å². The number of alkyl halides is 6. The Hall–Kier alpha value is -3.18. The monoisotopic (exact) mass is 373 g/mol. The summed E-state index contributed by atoms with van der Waals surface area (Å²) in [4.78, 5) is 7.34. The molecule has 0 aliphatic heterocycles. The summed E-state index contributed by atoms with van der Waals surface area (Å²) in [5.41, 5.74) is -3.90. The van der Waals surface area contributed by atoms with Gasteiger partial charge in [-0.2, -0.15) is 26.3 Å². The third-order valence-electron chi connectivity index (χ3n) is 3.56. The molecule has 0 unspecified atom stereocenters. The molecule has 0 atom stereocenters. The molecule has 4 rings (SSSR count). The van der Waals surface area contributed by atoms with Gasteiger partial charge in [-0.05, 0) is 18.2 Å². The van der Waals surface area contributed by atoms with E-state index in [4.69, 9.17) is 4.42 Å². The molecule has 26 heavy (non-hydrogen) atoms. The maximum absolute atomic E-state index is 13.1. The molecule has 4 heterocycles. The van der Waals surface area contributed by atoms with Crippen molar-refractivity contribution in [3.05, 3.63) is 42.0 Å². The highest BCUT2D eigenvalue weighted by Crippen LogP contribution is 2.40. The van der Waals surface area contributed by atoms with E-state index in [0.29, 0.717) is 6.07 Å². The fraction of sp³-hybridized carbons (Fsp3) is 0.143. The predicted molar refractivity (Wildman–Crippen MR) is 73.8 cm³/mol. The molecule has 0 bridgehead atoms. The van der Waals surface area contributed by atoms with Gasteiger partial charge in [-0.25, -0.2) is 9.97 Å². The summed E-state index contributed by atoms with van der Waals surface area (Å²) in [6.45, 7) is 0. The van der Waals surface area contributed by atoms with Crippen molar-refractivity contribution in [2.24, 2.45) is 0 Å². The van der Waals surface area contributed by atoms with Gasteiger partial charge < -0.3 is 4.42 Å². The number of rotatable bonds is 1. The summed E-state index contributed by atoms with van der Waals surface area (Å²) in [5, 5.41) is 6.95. The highest BCUT2D eigenvalue weighted by Gasteiger charge is 2.45. The second kappa shape index (κ2) is 5.16. The molecule has 4 aromatic rings. The van der Waals surface area contributed by atoms with E-state index in [1.807, 2.05) is 0 Å². The zero-order chi connectivity index (χ0) is 18.7. The first-order valence-electron chi connectivity index (χ1n) is 6.88. The van der Waals surface area contributed by atoms with Crippen LogP contribution in [0.2, 0.25) is 0 Å². The minimum absolute atomic E-state index is 0.00445. The first-order chi connectivity index (χ1) is 12.1. The van der Waals surface area contributed by atoms with E-state index in [0.717, 1.165) is 10.8 Å². The molecule has 0 radical (unpaired) electrons. The molecule has 0 fully saturated rings. The van der Waals surface area contributed by atoms with Crippen molar-refractivity contribution in [2.45, 2.75) is 12.4 Å². The highest BCUT2D eigenvalue weighted by atomic mass is 19.4. The van der Waals surface area contributed by atoms with Crippen molar-refractivity contribution < 1.29 is 30.8 Å². The lowest BCUT2D eigenvalue weighted by Gasteiger charge is -2.15. The lowest BCUT2D eigenvalue weighted by Crippen LogP contribution is -2.19. The standard InChI is InChI=1S/C14H5F6N5O/c15-13(16,17)7-3-6-1-2-9-22-8(12-24-21-5-26-12)4-25(9)11(6)23-10(7)14(18,19)20/h1-5H. The lowest BCUT2D eigenvalue weighted by atomic mass is 10.1. The minimum atomic E-state index is -5.28. The minimum Gasteiger partial charge on any atom is -0.422 e. The second-order valence-corrected chi connectivity index (χ2v) is 5.22. The van der Waals surface area contributed by atoms with Crippen LogP contribution in [0.4, 0.5) is 26.3 Å². The van der Waals surface area contributed by atoms with Crippen molar-refractivity contribution in [3.63, 3.8) is 0 Å². The van der Waals surface area contributed by atoms with Crippen LogP contribution in [0.3, 0.4) is 0 Å². The zero-order valence-electron chi connectivity index (χ0n) is 12.3. The van der Waals surface area contributed by atoms with E-state index in [1.54, 1.807) is 0 Å². The average molecular weight is 373 g/mol. The lowest BCUT2D eigenvalue weighted by molar-refractivity contribution is -0.164. The Morgan fingerprint density at radius 1 is 0.962 bits per heavy atom. The third kappa shape index (κ3) is 2.53. The fourth-order valence-electron chi connectivity index (χ4n) is 2.50. The first-order valence-corrected chi connectivity index (χ1v) is 6.88. The van der Waals surface area contributed by atoms with Crippen LogP contribution in [0, 0.1) is 0 Å². The van der Waals surface area contributed by atoms with Gasteiger partial charge >= 0.3 is 12.4 Å². The molecule has 0 aromatic carbocycles. The molecule has 0 aliphatic carbocycles. The van der Waals surface area contributed by atoms with Gasteiger partial charge in [0.25, 0.3) is 5.89 Å². The smallest absolute Gasteiger partial charge is 0.422 e. The maximum Gasteiger partial charge on any atom is 0.434 e. The summed E-state index contributed by atoms with van der Waals surface area (Å²) in [5.74, 6) is 0.00445. The largest absolute Gasteiger partial charge is 0.434 e. The van der Waals surface area contributed by atoms with Gasteiger partial charge in [0.05, 0.1) is 5.56 Å². The van der Waals surface area contributed by atoms with Gasteiger partial charge in [0.15, 0.2) is 5.69 Å². The van der Waals surface area contributed by atoms with Gasteiger partial charge in [0.1, 0.15) is 17.0 Å². The van der Waals surface area contributed by atoms with Crippen LogP contribution in [-0.2, 0) is 12.4 Å². The summed E-state index contributed by atoms with van der Waals surface area (Å²) in [7, 11) is 0. The predicted octanol–water partition coefficient (Wildman–Crippen LogP) is 3.97. The molecule has 0 amide bonds. The van der Waals surface area contributed by atoms with E-state index in [9.17, 15) is 26.3 Å². The molecule has 0 saturated heterocycles. The van der Waals surface area contributed by atoms with Crippen LogP contribution in [0.25, 0.3) is 28.3 Å². The van der Waals surface area contributed by atoms with Gasteiger partial charge in [0.2, 0.25) is 6.39 Å². The molecule has 6 nitrogen and oxygen atoms in total. The Kier molecular flexibility index (Phi) is 3.23. The Morgan fingerprint density at radius 2 is 1.73 bits per heavy atom. The summed E-state index contributed by atoms with van der Waals surface area (Å²) >= 11 is 0. The van der Waals surface area contributed by atoms with Crippen LogP contribution in [-0.4, -0.2) is 24.6 Å². The normalized spacial score (nSPS) is 13.0. The van der Waals surface area contributed by atoms with Crippen LogP contribution in [0.15, 0.2) is 35.2 Å². The number of nitrogens with zero attached hydrogens (tertiary/aromatic N) is 5. The number of imidazole rings is 1.